The van der Waals surface area contributed by atoms with Gasteiger partial charge in [-0.3, -0.25) is 14.5 Å². The number of hydrogen-bond donors (Lipinski definition) is 2. The highest BCUT2D eigenvalue weighted by molar-refractivity contribution is 7.89. The minimum absolute atomic E-state index is 0.0199. The molecule has 2 N–H and O–H groups in total. The number of aromatic nitrogens is 1. The molecule has 5 fully saturated rings. The van der Waals surface area contributed by atoms with Crippen LogP contribution in [0.2, 0.25) is 10.0 Å². The third-order valence-electron chi connectivity index (χ3n) is 13.6. The fourth-order valence-corrected chi connectivity index (χ4v) is 11.9. The monoisotopic (exact) mass is 1050 g/mol. The number of nitrogens with one attached hydrogen (secondary N) is 2. The molecule has 2 bridgehead atoms. The lowest BCUT2D eigenvalue weighted by Crippen LogP contribution is -2.52. The Labute approximate surface area is 425 Å². The lowest BCUT2D eigenvalue weighted by Gasteiger charge is -2.43. The Hall–Kier alpha value is -6.05. The molecule has 0 spiro atoms. The maximum Gasteiger partial charge on any atom is 0.408 e. The minimum atomic E-state index is -4.46. The molecule has 5 aromatic rings. The summed E-state index contributed by atoms with van der Waals surface area (Å²) in [4.78, 5) is 43.8. The van der Waals surface area contributed by atoms with Crippen molar-refractivity contribution >= 4 is 56.9 Å². The number of amides is 2. The molecule has 0 radical (unpaired) electrons. The Morgan fingerprint density at radius 2 is 1.54 bits per heavy atom. The van der Waals surface area contributed by atoms with Gasteiger partial charge < -0.3 is 34.8 Å². The van der Waals surface area contributed by atoms with Gasteiger partial charge in [0.1, 0.15) is 28.3 Å². The van der Waals surface area contributed by atoms with E-state index in [4.69, 9.17) is 42.1 Å². The summed E-state index contributed by atoms with van der Waals surface area (Å²) < 4.78 is 80.3. The molecule has 380 valence electrons. The van der Waals surface area contributed by atoms with Crippen molar-refractivity contribution < 1.29 is 55.3 Å². The van der Waals surface area contributed by atoms with Crippen LogP contribution in [0, 0.1) is 17.0 Å². The number of hydrogen-bond acceptors (Lipinski definition) is 11. The molecule has 0 unspecified atom stereocenters. The molecule has 4 saturated heterocycles. The molecule has 5 aliphatic rings. The Morgan fingerprint density at radius 3 is 2.25 bits per heavy atom. The van der Waals surface area contributed by atoms with Gasteiger partial charge in [0.15, 0.2) is 23.9 Å². The van der Waals surface area contributed by atoms with Crippen LogP contribution in [-0.2, 0) is 30.7 Å². The molecule has 1 saturated carbocycles. The van der Waals surface area contributed by atoms with Gasteiger partial charge in [0.05, 0.1) is 17.5 Å². The number of ether oxygens (including phenoxy) is 4. The Morgan fingerprint density at radius 1 is 0.806 bits per heavy atom. The van der Waals surface area contributed by atoms with E-state index in [1.807, 2.05) is 36.4 Å². The summed E-state index contributed by atoms with van der Waals surface area (Å²) in [6.45, 7) is -0.237. The number of carbonyl (C=O) groups excluding carboxylic acids is 3. The van der Waals surface area contributed by atoms with Gasteiger partial charge in [-0.25, -0.2) is 13.2 Å². The molecule has 4 aliphatic heterocycles. The average Bonchev–Trinajstić information content (AvgIpc) is 4.21. The van der Waals surface area contributed by atoms with Crippen LogP contribution in [0.1, 0.15) is 89.7 Å². The number of sulfonamides is 1. The van der Waals surface area contributed by atoms with Gasteiger partial charge in [-0.1, -0.05) is 77.8 Å². The maximum atomic E-state index is 14.6. The van der Waals surface area contributed by atoms with E-state index in [2.05, 4.69) is 15.5 Å². The predicted octanol–water partition coefficient (Wildman–Crippen LogP) is 9.25. The van der Waals surface area contributed by atoms with Crippen molar-refractivity contribution in [3.05, 3.63) is 153 Å². The number of carbonyl (C=O) groups is 3. The van der Waals surface area contributed by atoms with Gasteiger partial charge in [0.2, 0.25) is 10.0 Å². The molecule has 20 heteroatoms. The summed E-state index contributed by atoms with van der Waals surface area (Å²) in [5, 5.41) is 18.0. The second kappa shape index (κ2) is 22.4. The van der Waals surface area contributed by atoms with Crippen LogP contribution >= 0.6 is 23.2 Å². The van der Waals surface area contributed by atoms with Crippen LogP contribution in [0.15, 0.2) is 114 Å². The zero-order chi connectivity index (χ0) is 50.5. The van der Waals surface area contributed by atoms with Crippen LogP contribution in [0.5, 0.6) is 11.5 Å². The second-order valence-electron chi connectivity index (χ2n) is 18.6. The van der Waals surface area contributed by atoms with Crippen molar-refractivity contribution in [2.45, 2.75) is 87.2 Å². The number of nitrogens with zero attached hydrogens (tertiary/aromatic N) is 3. The van der Waals surface area contributed by atoms with Crippen LogP contribution < -0.4 is 24.8 Å². The fraction of sp³-hybridized carbons (Fsp3) is 0.385. The summed E-state index contributed by atoms with van der Waals surface area (Å²) in [6, 6.07) is 24.0. The molecule has 4 aromatic carbocycles. The summed E-state index contributed by atoms with van der Waals surface area (Å²) in [6.07, 6.45) is 4.78. The zero-order valence-electron chi connectivity index (χ0n) is 39.0. The van der Waals surface area contributed by atoms with Crippen LogP contribution in [-0.4, -0.2) is 87.1 Å². The number of pyridine rings is 1. The van der Waals surface area contributed by atoms with Crippen molar-refractivity contribution in [1.82, 2.24) is 14.5 Å². The standard InChI is InChI=1S/C52H53Cl2F2N5O10S/c53-41-28-60(65)29-42(54)40(41)27-45(35-17-18-44(70-51(55)56)46(26-35)68-31-32-15-16-32)69-50(63)43-14-4-5-21-61(43)72(66,67)39-13-7-11-37(25-39)49(62)57-38-12-6-10-36(24-38)48(34-8-2-1-3-9-34)58-52(64)71-47-30-59-22-19-33(47)20-23-59/h1-3,6-13,17-18,24-26,28-29,32-33,43,45,47-48,51H,4-5,14-16,19-23,27,30-31H2,(H,57,62)(H,58,64)/t43-,45-,47-,48-/m0/s1. The first-order valence-electron chi connectivity index (χ1n) is 23.9. The molecule has 4 atom stereocenters. The maximum absolute atomic E-state index is 14.6. The number of anilines is 1. The van der Waals surface area contributed by atoms with Crippen molar-refractivity contribution in [2.24, 2.45) is 11.8 Å². The van der Waals surface area contributed by atoms with E-state index in [9.17, 15) is 36.8 Å². The first-order valence-corrected chi connectivity index (χ1v) is 26.1. The molecular weight excluding hydrogens is 996 g/mol. The molecule has 1 aliphatic carbocycles. The number of halogens is 4. The van der Waals surface area contributed by atoms with Gasteiger partial charge in [0.25, 0.3) is 5.91 Å². The SMILES string of the molecule is O=C(N[C@@H](c1ccccc1)c1cccc(NC(=O)c2cccc(S(=O)(=O)N3CCCC[C@H]3C(=O)O[C@@H](Cc3c(Cl)c[n+]([O-])cc3Cl)c3ccc(OC(F)F)c(OCC4CC4)c3)c2)c1)O[C@H]1CN2CCC1CC2. The highest BCUT2D eigenvalue weighted by atomic mass is 35.5. The minimum Gasteiger partial charge on any atom is -0.619 e. The van der Waals surface area contributed by atoms with Crippen LogP contribution in [0.3, 0.4) is 0 Å². The van der Waals surface area contributed by atoms with E-state index in [0.717, 1.165) is 61.0 Å². The van der Waals surface area contributed by atoms with Crippen molar-refractivity contribution in [3.8, 4) is 11.5 Å². The molecule has 2 amide bonds. The first kappa shape index (κ1) is 50.9. The van der Waals surface area contributed by atoms with E-state index in [0.29, 0.717) is 41.3 Å². The topological polar surface area (TPSA) is 180 Å². The smallest absolute Gasteiger partial charge is 0.408 e. The van der Waals surface area contributed by atoms with Crippen molar-refractivity contribution in [3.63, 3.8) is 0 Å². The average molecular weight is 1050 g/mol. The number of fused-ring (bicyclic) bond motifs is 3. The third-order valence-corrected chi connectivity index (χ3v) is 16.1. The van der Waals surface area contributed by atoms with Crippen LogP contribution in [0.4, 0.5) is 19.3 Å². The Bertz CT molecular complexity index is 2870. The molecule has 1 aromatic heterocycles. The number of piperidine rings is 4. The van der Waals surface area contributed by atoms with E-state index in [1.54, 1.807) is 18.2 Å². The van der Waals surface area contributed by atoms with E-state index >= 15 is 0 Å². The predicted molar refractivity (Wildman–Crippen MR) is 262 cm³/mol. The lowest BCUT2D eigenvalue weighted by atomic mass is 9.86. The highest BCUT2D eigenvalue weighted by Crippen LogP contribution is 2.39. The van der Waals surface area contributed by atoms with E-state index in [1.165, 1.54) is 42.5 Å². The fourth-order valence-electron chi connectivity index (χ4n) is 9.58. The molecule has 72 heavy (non-hydrogen) atoms. The zero-order valence-corrected chi connectivity index (χ0v) is 41.3. The number of benzene rings is 4. The summed E-state index contributed by atoms with van der Waals surface area (Å²) in [5.41, 5.74) is 2.37. The number of rotatable bonds is 18. The largest absolute Gasteiger partial charge is 0.619 e. The lowest BCUT2D eigenvalue weighted by molar-refractivity contribution is -0.605. The van der Waals surface area contributed by atoms with Crippen molar-refractivity contribution in [1.29, 1.82) is 0 Å². The second-order valence-corrected chi connectivity index (χ2v) is 21.3. The Kier molecular flexibility index (Phi) is 15.8. The van der Waals surface area contributed by atoms with E-state index in [-0.39, 0.29) is 81.1 Å². The normalized spacial score (nSPS) is 20.8. The van der Waals surface area contributed by atoms with Gasteiger partial charge in [-0.15, -0.1) is 0 Å². The summed E-state index contributed by atoms with van der Waals surface area (Å²) in [5.74, 6) is -1.22. The Balaban J connectivity index is 0.928. The van der Waals surface area contributed by atoms with Gasteiger partial charge in [-0.05, 0) is 129 Å². The molecule has 10 rings (SSSR count). The quantitative estimate of drug-likeness (QED) is 0.0485. The molecule has 5 heterocycles. The van der Waals surface area contributed by atoms with Crippen molar-refractivity contribution in [2.75, 3.05) is 38.1 Å². The third kappa shape index (κ3) is 12.2. The molecular formula is C52H53Cl2F2N5O10S. The number of alkyl carbamates (subject to hydrolysis) is 1. The van der Waals surface area contributed by atoms with Gasteiger partial charge in [0, 0.05) is 36.3 Å². The van der Waals surface area contributed by atoms with Crippen LogP contribution in [0.25, 0.3) is 0 Å². The van der Waals surface area contributed by atoms with Gasteiger partial charge in [-0.2, -0.15) is 17.8 Å². The molecule has 15 nitrogen and oxygen atoms in total. The first-order chi connectivity index (χ1) is 34.7. The number of alkyl halides is 2. The number of esters is 1. The summed E-state index contributed by atoms with van der Waals surface area (Å²) in [7, 11) is -4.46. The van der Waals surface area contributed by atoms with Gasteiger partial charge >= 0.3 is 18.7 Å². The van der Waals surface area contributed by atoms with E-state index < -0.39 is 52.8 Å². The highest BCUT2D eigenvalue weighted by Gasteiger charge is 2.41. The summed E-state index contributed by atoms with van der Waals surface area (Å²) >= 11 is 12.9.